The third kappa shape index (κ3) is 16.7. The van der Waals surface area contributed by atoms with Crippen LogP contribution in [-0.2, 0) is 71.4 Å². The van der Waals surface area contributed by atoms with Gasteiger partial charge >= 0.3 is 18.3 Å². The maximum atomic E-state index is 13.8. The predicted octanol–water partition coefficient (Wildman–Crippen LogP) is 18.2. The molecule has 12 aromatic rings. The number of benzene rings is 3. The van der Waals surface area contributed by atoms with Crippen LogP contribution < -0.4 is 22.1 Å². The average molecular weight is 1700 g/mol. The van der Waals surface area contributed by atoms with E-state index in [0.717, 1.165) is 69.9 Å². The molecule has 3 aliphatic heterocycles. The molecule has 0 radical (unpaired) electrons. The normalized spacial score (nSPS) is 15.4. The minimum absolute atomic E-state index is 0.000857. The number of carbonyl (C=O) groups is 6. The highest BCUT2D eigenvalue weighted by molar-refractivity contribution is 6.30. The Bertz CT molecular complexity index is 6480. The third-order valence-corrected chi connectivity index (χ3v) is 22.1. The number of rotatable bonds is 14. The Kier molecular flexibility index (Phi) is 22.4. The first kappa shape index (κ1) is 85.3. The number of nitrogens with one attached hydrogen (secondary N) is 2. The second-order valence-corrected chi connectivity index (χ2v) is 33.7. The first-order valence-electron chi connectivity index (χ1n) is 39.5. The summed E-state index contributed by atoms with van der Waals surface area (Å²) in [6.07, 6.45) is 12.7. The van der Waals surface area contributed by atoms with Crippen LogP contribution in [0.1, 0.15) is 171 Å². The van der Waals surface area contributed by atoms with Crippen molar-refractivity contribution in [3.63, 3.8) is 0 Å². The Balaban J connectivity index is 0.000000135. The van der Waals surface area contributed by atoms with Gasteiger partial charge < -0.3 is 60.2 Å². The first-order valence-corrected chi connectivity index (χ1v) is 39.9. The van der Waals surface area contributed by atoms with Gasteiger partial charge in [0.2, 0.25) is 11.0 Å². The molecule has 0 atom stereocenters. The number of carbonyl (C=O) groups excluding carboxylic acids is 6. The fourth-order valence-electron chi connectivity index (χ4n) is 15.4. The molecule has 3 aliphatic carbocycles. The molecule has 30 nitrogen and oxygen atoms in total. The third-order valence-electron chi connectivity index (χ3n) is 21.8. The lowest BCUT2D eigenvalue weighted by Gasteiger charge is -2.23. The highest BCUT2D eigenvalue weighted by atomic mass is 35.5. The van der Waals surface area contributed by atoms with Gasteiger partial charge in [-0.25, -0.2) is 62.2 Å². The molecule has 18 rings (SSSR count). The van der Waals surface area contributed by atoms with Gasteiger partial charge in [-0.3, -0.25) is 27.6 Å². The lowest BCUT2D eigenvalue weighted by Crippen LogP contribution is -2.37. The number of aromatic nitrogens is 9. The number of amides is 6. The van der Waals surface area contributed by atoms with E-state index >= 15 is 0 Å². The number of hydrogen-bond acceptors (Lipinski definition) is 22. The van der Waals surface area contributed by atoms with E-state index in [2.05, 4.69) is 45.2 Å². The van der Waals surface area contributed by atoms with Crippen LogP contribution in [0.15, 0.2) is 146 Å². The van der Waals surface area contributed by atoms with Crippen molar-refractivity contribution in [2.45, 2.75) is 161 Å². The number of ether oxygens (including phenoxy) is 6. The van der Waals surface area contributed by atoms with Crippen LogP contribution in [-0.4, -0.2) is 132 Å². The Hall–Kier alpha value is -13.7. The van der Waals surface area contributed by atoms with Gasteiger partial charge in [-0.2, -0.15) is 0 Å². The number of pyridine rings is 6. The van der Waals surface area contributed by atoms with Gasteiger partial charge in [0.1, 0.15) is 57.0 Å². The van der Waals surface area contributed by atoms with Crippen molar-refractivity contribution in [3.8, 4) is 33.8 Å². The van der Waals surface area contributed by atoms with E-state index < -0.39 is 75.9 Å². The van der Waals surface area contributed by atoms with Crippen LogP contribution in [0.4, 0.5) is 67.9 Å². The van der Waals surface area contributed by atoms with Crippen molar-refractivity contribution in [1.82, 2.24) is 57.8 Å². The number of imide groups is 3. The van der Waals surface area contributed by atoms with E-state index in [-0.39, 0.29) is 60.0 Å². The molecule has 636 valence electrons. The smallest absolute Gasteiger partial charge is 0.417 e. The summed E-state index contributed by atoms with van der Waals surface area (Å²) in [5, 5.41) is 6.84. The van der Waals surface area contributed by atoms with E-state index in [1.807, 2.05) is 36.4 Å². The summed E-state index contributed by atoms with van der Waals surface area (Å²) >= 11 is 5.98. The Morgan fingerprint density at radius 1 is 0.484 bits per heavy atom. The molecule has 0 saturated heterocycles. The standard InChI is InChI=1S/C30H27FN6O4.C30H31FN6O4.C20H19FN4O3.C10H9ClN2O/c1-29(2,3)41-28(39)37-16-19-18(22-15-33-24-14-17(31)10-13-36(22)24)6-8-21(25(19)27(37)38)34-23-9-7-20(26(32-4)35-23)30(40-5)11-12-30;1-29(2,3)41-28(39)37-16-19-18(23-15-33-25-13-17(31)9-12-36(23)25)5-7-21(26(19)27(37)38)34-24-8-6-20(22(14-32)35-24)30(40-4)10-11-30;1-20(2,3)28-19(27)25-10-13-12(4-5-14(22)17(13)18(25)26)15-9-23-16-8-11(21)6-7-24(15)16;1-12-8-4-3-7(9(11)13-8)10(14-2)5-6-10/h6-10,13-15H,11-12,16H2,1-3,5H3,(H,34,35);5-9,12-13,15H,10-11,14,16,32H2,1-4H3,(H,34,35);4-9H,10,22H2,1-3H3;3-4H,5-6H2,2H3. The molecular formula is C90H86ClF3N18O12. The molecular weight excluding hydrogens is 1620 g/mol. The Labute approximate surface area is 714 Å². The van der Waals surface area contributed by atoms with Crippen molar-refractivity contribution in [1.29, 1.82) is 0 Å². The number of fused-ring (bicyclic) bond motifs is 6. The molecule has 12 heterocycles. The zero-order valence-electron chi connectivity index (χ0n) is 69.8. The zero-order valence-corrected chi connectivity index (χ0v) is 70.5. The minimum atomic E-state index is -0.801. The van der Waals surface area contributed by atoms with Crippen molar-refractivity contribution < 1.29 is 70.4 Å². The van der Waals surface area contributed by atoms with Crippen LogP contribution in [0.3, 0.4) is 0 Å². The van der Waals surface area contributed by atoms with Gasteiger partial charge in [0.15, 0.2) is 0 Å². The second-order valence-electron chi connectivity index (χ2n) is 33.4. The van der Waals surface area contributed by atoms with E-state index in [4.69, 9.17) is 69.6 Å². The molecule has 34 heteroatoms. The SMILES string of the molecule is CC(C)(C)OC(=O)N1Cc2c(-c3cnc4cc(F)ccn34)ccc(N)c2C1=O.COC1(c2ccc(Nc3ccc(-c4cnc5cc(F)ccn45)c4c3C(=O)N(C(=O)OC(C)(C)C)C4)nc2CN)CC1.[C-]#[N+]c1ccc(C2(OC)CC2)c(Cl)n1.[C-]#[N+]c1nc(Nc2ccc(-c3cnc4cc(F)ccn34)c3c2C(=O)N(C(=O)OC(C)(C)C)C3)ccc1C1(OC)CC1. The van der Waals surface area contributed by atoms with Crippen molar-refractivity contribution in [2.75, 3.05) is 37.7 Å². The molecule has 6 amide bonds. The monoisotopic (exact) mass is 1700 g/mol. The highest BCUT2D eigenvalue weighted by Crippen LogP contribution is 2.54. The Morgan fingerprint density at radius 2 is 0.847 bits per heavy atom. The van der Waals surface area contributed by atoms with Crippen LogP contribution >= 0.6 is 11.6 Å². The minimum Gasteiger partial charge on any atom is -0.443 e. The fourth-order valence-corrected chi connectivity index (χ4v) is 15.7. The maximum absolute atomic E-state index is 13.8. The summed E-state index contributed by atoms with van der Waals surface area (Å²) in [4.78, 5) is 115. The number of nitrogen functional groups attached to an aromatic ring is 1. The van der Waals surface area contributed by atoms with Gasteiger partial charge in [-0.05, 0) is 178 Å². The molecule has 0 bridgehead atoms. The van der Waals surface area contributed by atoms with E-state index in [0.29, 0.717) is 113 Å². The van der Waals surface area contributed by atoms with Gasteiger partial charge in [0.25, 0.3) is 29.4 Å². The van der Waals surface area contributed by atoms with E-state index in [1.54, 1.807) is 170 Å². The lowest BCUT2D eigenvalue weighted by molar-refractivity contribution is 0.0231. The van der Waals surface area contributed by atoms with Crippen molar-refractivity contribution in [2.24, 2.45) is 5.73 Å². The van der Waals surface area contributed by atoms with E-state index in [1.165, 1.54) is 36.4 Å². The topological polar surface area (TPSA) is 343 Å². The average Bonchev–Trinajstić information content (AvgIpc) is 1.59. The summed E-state index contributed by atoms with van der Waals surface area (Å²) in [7, 11) is 4.98. The van der Waals surface area contributed by atoms with Gasteiger partial charge in [0, 0.05) is 110 Å². The quantitative estimate of drug-likeness (QED) is 0.0340. The molecule has 6 N–H and O–H groups in total. The van der Waals surface area contributed by atoms with E-state index in [9.17, 15) is 41.9 Å². The maximum Gasteiger partial charge on any atom is 0.417 e. The van der Waals surface area contributed by atoms with Gasteiger partial charge in [-0.1, -0.05) is 49.5 Å². The molecule has 0 spiro atoms. The first-order chi connectivity index (χ1) is 58.9. The summed E-state index contributed by atoms with van der Waals surface area (Å²) in [6.45, 7) is 30.3. The van der Waals surface area contributed by atoms with Crippen LogP contribution in [0.2, 0.25) is 5.15 Å². The van der Waals surface area contributed by atoms with Gasteiger partial charge in [-0.15, -0.1) is 9.97 Å². The Morgan fingerprint density at radius 3 is 1.22 bits per heavy atom. The largest absolute Gasteiger partial charge is 0.443 e. The number of halogens is 4. The summed E-state index contributed by atoms with van der Waals surface area (Å²) in [5.74, 6) is -1.31. The molecule has 3 aromatic carbocycles. The molecule has 124 heavy (non-hydrogen) atoms. The predicted molar refractivity (Wildman–Crippen MR) is 453 cm³/mol. The summed E-state index contributed by atoms with van der Waals surface area (Å²) < 4.78 is 79.5. The lowest BCUT2D eigenvalue weighted by atomic mass is 9.99. The van der Waals surface area contributed by atoms with Crippen LogP contribution in [0.5, 0.6) is 0 Å². The number of anilines is 5. The molecule has 9 aromatic heterocycles. The number of nitrogens with zero attached hydrogens (tertiary/aromatic N) is 14. The molecule has 6 aliphatic rings. The molecule has 3 fully saturated rings. The van der Waals surface area contributed by atoms with Crippen molar-refractivity contribution >= 4 is 105 Å². The van der Waals surface area contributed by atoms with Crippen LogP contribution in [0.25, 0.3) is 60.4 Å². The number of imidazole rings is 3. The van der Waals surface area contributed by atoms with Gasteiger partial charge in [0.05, 0.1) is 106 Å². The molecule has 0 unspecified atom stereocenters. The summed E-state index contributed by atoms with van der Waals surface area (Å²) in [6, 6.07) is 29.4. The fraction of sp³-hybridized carbons (Fsp3) is 0.311. The number of nitrogens with two attached hydrogens (primary N) is 2. The van der Waals surface area contributed by atoms with Crippen LogP contribution in [0, 0.1) is 30.6 Å². The number of methoxy groups -OCH3 is 3. The highest BCUT2D eigenvalue weighted by Gasteiger charge is 2.50. The zero-order chi connectivity index (χ0) is 88.6. The molecule has 3 saturated carbocycles. The second kappa shape index (κ2) is 32.6. The van der Waals surface area contributed by atoms with Crippen molar-refractivity contribution in [3.05, 3.63) is 248 Å². The number of hydrogen-bond donors (Lipinski definition) is 4. The summed E-state index contributed by atoms with van der Waals surface area (Å²) in [5.41, 5.74) is 21.2.